The molecule has 0 saturated carbocycles. The van der Waals surface area contributed by atoms with Crippen LogP contribution in [0.1, 0.15) is 20.8 Å². The van der Waals surface area contributed by atoms with Crippen molar-refractivity contribution in [1.82, 2.24) is 16.0 Å². The number of carbonyl (C=O) groups is 5. The van der Waals surface area contributed by atoms with Crippen LogP contribution in [0.5, 0.6) is 0 Å². The second kappa shape index (κ2) is 23.0. The number of carbonyl (C=O) groups excluding carboxylic acids is 5. The minimum Gasteiger partial charge on any atom is -0.477 e. The van der Waals surface area contributed by atoms with E-state index in [2.05, 4.69) is 42.3 Å². The second-order valence-corrected chi connectivity index (χ2v) is 9.08. The summed E-state index contributed by atoms with van der Waals surface area (Å²) in [5.41, 5.74) is 0.674. The Bertz CT molecular complexity index is 1030. The Labute approximate surface area is 256 Å². The zero-order valence-corrected chi connectivity index (χ0v) is 25.4. The highest BCUT2D eigenvalue weighted by Gasteiger charge is 2.19. The second-order valence-electron chi connectivity index (χ2n) is 9.08. The third-order valence-electron chi connectivity index (χ3n) is 4.65. The fraction of sp³-hybridized carbons (Fsp3) is 0.536. The molecule has 0 radical (unpaired) electrons. The largest absolute Gasteiger partial charge is 0.477 e. The highest BCUT2D eigenvalue weighted by atomic mass is 16.6. The van der Waals surface area contributed by atoms with Crippen molar-refractivity contribution in [3.05, 3.63) is 48.9 Å². The molecule has 0 aliphatic heterocycles. The Morgan fingerprint density at radius 1 is 0.591 bits per heavy atom. The first-order chi connectivity index (χ1) is 20.7. The van der Waals surface area contributed by atoms with Crippen molar-refractivity contribution >= 4 is 30.1 Å². The van der Waals surface area contributed by atoms with Crippen LogP contribution >= 0.6 is 0 Å². The lowest BCUT2D eigenvalue weighted by Crippen LogP contribution is -2.38. The lowest BCUT2D eigenvalue weighted by Gasteiger charge is -2.20. The summed E-state index contributed by atoms with van der Waals surface area (Å²) in [6, 6.07) is 0. The topological polar surface area (TPSA) is 206 Å². The van der Waals surface area contributed by atoms with Crippen molar-refractivity contribution in [3.8, 4) is 0 Å². The molecule has 0 fully saturated rings. The van der Waals surface area contributed by atoms with Gasteiger partial charge in [-0.05, 0) is 27.4 Å². The molecule has 2 amide bonds. The Hall–Kier alpha value is -4.57. The van der Waals surface area contributed by atoms with Crippen LogP contribution in [0.3, 0.4) is 0 Å². The molecule has 0 aliphatic rings. The number of nitrogens with one attached hydrogen (secondary N) is 3. The molecule has 0 aliphatic carbocycles. The van der Waals surface area contributed by atoms with Gasteiger partial charge in [0.25, 0.3) is 0 Å². The average molecular weight is 630 g/mol. The molecule has 44 heavy (non-hydrogen) atoms. The maximum Gasteiger partial charge on any atom is 0.407 e. The smallest absolute Gasteiger partial charge is 0.407 e. The number of rotatable bonds is 23. The van der Waals surface area contributed by atoms with E-state index in [0.29, 0.717) is 0 Å². The van der Waals surface area contributed by atoms with Crippen LogP contribution in [0.4, 0.5) is 9.59 Å². The van der Waals surface area contributed by atoms with Gasteiger partial charge in [0.2, 0.25) is 0 Å². The van der Waals surface area contributed by atoms with Crippen molar-refractivity contribution in [2.24, 2.45) is 0 Å². The zero-order valence-electron chi connectivity index (χ0n) is 25.4. The Morgan fingerprint density at radius 2 is 1.05 bits per heavy atom. The van der Waals surface area contributed by atoms with E-state index in [-0.39, 0.29) is 81.9 Å². The molecular formula is C28H43N3O13. The average Bonchev–Trinajstić information content (AvgIpc) is 2.96. The Morgan fingerprint density at radius 3 is 1.52 bits per heavy atom. The monoisotopic (exact) mass is 629 g/mol. The van der Waals surface area contributed by atoms with E-state index < -0.39 is 48.9 Å². The quantitative estimate of drug-likeness (QED) is 0.0402. The summed E-state index contributed by atoms with van der Waals surface area (Å²) in [5.74, 6) is -1.63. The van der Waals surface area contributed by atoms with Crippen molar-refractivity contribution in [2.45, 2.75) is 33.0 Å². The molecule has 4 N–H and O–H groups in total. The van der Waals surface area contributed by atoms with E-state index >= 15 is 0 Å². The van der Waals surface area contributed by atoms with Gasteiger partial charge in [-0.3, -0.25) is 0 Å². The summed E-state index contributed by atoms with van der Waals surface area (Å²) in [6.45, 7) is 17.2. The van der Waals surface area contributed by atoms with Gasteiger partial charge in [-0.2, -0.15) is 0 Å². The lowest BCUT2D eigenvalue weighted by molar-refractivity contribution is -0.139. The van der Waals surface area contributed by atoms with Gasteiger partial charge in [-0.15, -0.1) is 0 Å². The molecular weight excluding hydrogens is 586 g/mol. The van der Waals surface area contributed by atoms with E-state index in [9.17, 15) is 29.1 Å². The molecule has 248 valence electrons. The first kappa shape index (κ1) is 39.4. The number of aliphatic hydroxyl groups is 1. The molecule has 16 nitrogen and oxygen atoms in total. The van der Waals surface area contributed by atoms with Crippen LogP contribution in [0.2, 0.25) is 0 Å². The molecule has 2 unspecified atom stereocenters. The third-order valence-corrected chi connectivity index (χ3v) is 4.65. The summed E-state index contributed by atoms with van der Waals surface area (Å²) in [5, 5.41) is 17.6. The normalized spacial score (nSPS) is 11.5. The van der Waals surface area contributed by atoms with Crippen LogP contribution in [0, 0.1) is 0 Å². The van der Waals surface area contributed by atoms with Crippen LogP contribution in [0.25, 0.3) is 0 Å². The summed E-state index contributed by atoms with van der Waals surface area (Å²) in [4.78, 5) is 58.3. The fourth-order valence-corrected chi connectivity index (χ4v) is 2.46. The van der Waals surface area contributed by atoms with Crippen molar-refractivity contribution in [3.63, 3.8) is 0 Å². The summed E-state index contributed by atoms with van der Waals surface area (Å²) < 4.78 is 35.6. The molecule has 0 bridgehead atoms. The molecule has 0 aromatic rings. The number of hydrogen-bond donors (Lipinski definition) is 4. The minimum atomic E-state index is -1.11. The summed E-state index contributed by atoms with van der Waals surface area (Å²) in [7, 11) is 0. The minimum absolute atomic E-state index is 0.0464. The molecule has 16 heteroatoms. The standard InChI is InChI=1S/C28H43N3O13/c1-18(2)24(33)39-11-8-29-21(7)42-15-22(32)14-38-16-23(44-28(37)31-10-13-41-26(35)20(5)6)17-43-27(36)30-9-12-40-25(34)19(3)4/h22-23,29,32H,1,3,5,7-17H2,2,4,6H3,(H,30,36)(H,31,37). The summed E-state index contributed by atoms with van der Waals surface area (Å²) >= 11 is 0. The lowest BCUT2D eigenvalue weighted by atomic mass is 10.4. The highest BCUT2D eigenvalue weighted by Crippen LogP contribution is 2.01. The molecule has 2 atom stereocenters. The van der Waals surface area contributed by atoms with Crippen molar-refractivity contribution in [1.29, 1.82) is 0 Å². The van der Waals surface area contributed by atoms with Crippen LogP contribution in [-0.2, 0) is 47.5 Å². The molecule has 0 rings (SSSR count). The molecule has 0 spiro atoms. The SMILES string of the molecule is C=C(NCCOC(=O)C(=C)C)OCC(O)COCC(COC(=O)NCCOC(=O)C(=C)C)OC(=O)NCCOC(=O)C(=C)C. The maximum atomic E-state index is 12.2. The first-order valence-corrected chi connectivity index (χ1v) is 13.4. The maximum absolute atomic E-state index is 12.2. The highest BCUT2D eigenvalue weighted by molar-refractivity contribution is 5.87. The van der Waals surface area contributed by atoms with Gasteiger partial charge in [0.15, 0.2) is 12.0 Å². The molecule has 0 aromatic carbocycles. The predicted octanol–water partition coefficient (Wildman–Crippen LogP) is 0.620. The van der Waals surface area contributed by atoms with Gasteiger partial charge in [0.05, 0.1) is 32.8 Å². The number of hydrogen-bond acceptors (Lipinski definition) is 14. The molecule has 0 aromatic heterocycles. The third kappa shape index (κ3) is 21.2. The van der Waals surface area contributed by atoms with E-state index in [1.807, 2.05) is 0 Å². The van der Waals surface area contributed by atoms with Gasteiger partial charge < -0.3 is 54.2 Å². The van der Waals surface area contributed by atoms with Gasteiger partial charge in [0.1, 0.15) is 39.1 Å². The zero-order chi connectivity index (χ0) is 33.5. The molecule has 0 heterocycles. The van der Waals surface area contributed by atoms with Gasteiger partial charge in [-0.1, -0.05) is 19.7 Å². The van der Waals surface area contributed by atoms with Gasteiger partial charge >= 0.3 is 30.1 Å². The Kier molecular flexibility index (Phi) is 20.6. The van der Waals surface area contributed by atoms with Gasteiger partial charge in [-0.25, -0.2) is 24.0 Å². The van der Waals surface area contributed by atoms with E-state index in [0.717, 1.165) is 0 Å². The number of ether oxygens (including phenoxy) is 7. The van der Waals surface area contributed by atoms with Crippen LogP contribution < -0.4 is 16.0 Å². The van der Waals surface area contributed by atoms with E-state index in [1.165, 1.54) is 20.8 Å². The van der Waals surface area contributed by atoms with Crippen LogP contribution in [0.15, 0.2) is 48.9 Å². The number of esters is 3. The summed E-state index contributed by atoms with van der Waals surface area (Å²) in [6.07, 6.45) is -4.02. The van der Waals surface area contributed by atoms with Gasteiger partial charge in [0, 0.05) is 16.7 Å². The fourth-order valence-electron chi connectivity index (χ4n) is 2.46. The van der Waals surface area contributed by atoms with Crippen LogP contribution in [-0.4, -0.2) is 113 Å². The predicted molar refractivity (Wildman–Crippen MR) is 155 cm³/mol. The van der Waals surface area contributed by atoms with E-state index in [4.69, 9.17) is 33.2 Å². The molecule has 0 saturated heterocycles. The first-order valence-electron chi connectivity index (χ1n) is 13.4. The number of aliphatic hydroxyl groups excluding tert-OH is 1. The Balaban J connectivity index is 4.62. The number of alkyl carbamates (subject to hydrolysis) is 2. The number of amides is 2. The van der Waals surface area contributed by atoms with Crippen molar-refractivity contribution < 1.29 is 62.2 Å². The van der Waals surface area contributed by atoms with E-state index in [1.54, 1.807) is 0 Å². The van der Waals surface area contributed by atoms with Crippen molar-refractivity contribution in [2.75, 3.05) is 65.9 Å².